The van der Waals surface area contributed by atoms with Crippen molar-refractivity contribution in [3.8, 4) is 17.2 Å². The minimum atomic E-state index is -0.228. The van der Waals surface area contributed by atoms with Gasteiger partial charge in [-0.2, -0.15) is 0 Å². The van der Waals surface area contributed by atoms with Gasteiger partial charge in [-0.25, -0.2) is 9.97 Å². The van der Waals surface area contributed by atoms with E-state index in [4.69, 9.17) is 14.2 Å². The summed E-state index contributed by atoms with van der Waals surface area (Å²) in [7, 11) is 4.62. The number of rotatable bonds is 9. The lowest BCUT2D eigenvalue weighted by atomic mass is 10.2. The minimum absolute atomic E-state index is 0.228. The van der Waals surface area contributed by atoms with Crippen molar-refractivity contribution in [1.82, 2.24) is 15.3 Å². The molecule has 0 aliphatic carbocycles. The highest BCUT2D eigenvalue weighted by Crippen LogP contribution is 2.40. The van der Waals surface area contributed by atoms with Gasteiger partial charge in [0.1, 0.15) is 5.69 Å². The molecule has 0 atom stereocenters. The minimum Gasteiger partial charge on any atom is -0.493 e. The summed E-state index contributed by atoms with van der Waals surface area (Å²) in [5.41, 5.74) is 0.939. The zero-order valence-corrected chi connectivity index (χ0v) is 15.5. The zero-order valence-electron chi connectivity index (χ0n) is 15.5. The third kappa shape index (κ3) is 4.75. The van der Waals surface area contributed by atoms with Gasteiger partial charge in [0.2, 0.25) is 11.7 Å². The molecule has 1 amide bonds. The molecule has 0 saturated heterocycles. The molecule has 0 unspecified atom stereocenters. The summed E-state index contributed by atoms with van der Waals surface area (Å²) >= 11 is 0. The third-order valence-corrected chi connectivity index (χ3v) is 3.62. The Morgan fingerprint density at radius 3 is 2.38 bits per heavy atom. The van der Waals surface area contributed by atoms with Crippen molar-refractivity contribution in [3.05, 3.63) is 30.1 Å². The monoisotopic (exact) mass is 360 g/mol. The van der Waals surface area contributed by atoms with Crippen LogP contribution in [0.1, 0.15) is 30.3 Å². The van der Waals surface area contributed by atoms with Crippen molar-refractivity contribution in [2.75, 3.05) is 33.2 Å². The second-order valence-electron chi connectivity index (χ2n) is 5.41. The molecule has 1 heterocycles. The fraction of sp³-hybridized carbons (Fsp3) is 0.389. The molecular weight excluding hydrogens is 336 g/mol. The van der Waals surface area contributed by atoms with Crippen molar-refractivity contribution < 1.29 is 19.0 Å². The molecule has 0 spiro atoms. The predicted octanol–water partition coefficient (Wildman–Crippen LogP) is 2.78. The lowest BCUT2D eigenvalue weighted by Crippen LogP contribution is -2.25. The molecule has 2 N–H and O–H groups in total. The Hall–Kier alpha value is -3.03. The number of methoxy groups -OCH3 is 3. The Bertz CT molecular complexity index is 727. The van der Waals surface area contributed by atoms with Crippen molar-refractivity contribution in [2.24, 2.45) is 0 Å². The van der Waals surface area contributed by atoms with E-state index in [1.54, 1.807) is 32.4 Å². The Morgan fingerprint density at radius 1 is 1.12 bits per heavy atom. The molecule has 8 heteroatoms. The molecule has 8 nitrogen and oxygen atoms in total. The second-order valence-corrected chi connectivity index (χ2v) is 5.41. The largest absolute Gasteiger partial charge is 0.493 e. The van der Waals surface area contributed by atoms with E-state index in [0.717, 1.165) is 12.8 Å². The molecule has 0 bridgehead atoms. The normalized spacial score (nSPS) is 10.2. The van der Waals surface area contributed by atoms with Crippen LogP contribution in [0.5, 0.6) is 17.2 Å². The van der Waals surface area contributed by atoms with E-state index in [1.807, 2.05) is 0 Å². The molecule has 2 rings (SSSR count). The molecule has 2 aromatic rings. The number of amides is 1. The van der Waals surface area contributed by atoms with Gasteiger partial charge in [0.05, 0.1) is 21.3 Å². The van der Waals surface area contributed by atoms with Crippen LogP contribution in [0.3, 0.4) is 0 Å². The number of hydrogen-bond donors (Lipinski definition) is 2. The SMILES string of the molecule is CCCCNC(=O)c1ccnc(Nc2cc(OC)c(OC)c(OC)c2)n1. The van der Waals surface area contributed by atoms with Crippen LogP contribution in [0.4, 0.5) is 11.6 Å². The molecule has 1 aromatic carbocycles. The van der Waals surface area contributed by atoms with E-state index in [0.29, 0.717) is 41.1 Å². The summed E-state index contributed by atoms with van der Waals surface area (Å²) in [6, 6.07) is 5.04. The Balaban J connectivity index is 2.21. The average molecular weight is 360 g/mol. The maximum Gasteiger partial charge on any atom is 0.270 e. The van der Waals surface area contributed by atoms with Gasteiger partial charge in [0, 0.05) is 30.6 Å². The number of anilines is 2. The molecule has 0 radical (unpaired) electrons. The second kappa shape index (κ2) is 9.45. The maximum atomic E-state index is 12.1. The summed E-state index contributed by atoms with van der Waals surface area (Å²) < 4.78 is 15.9. The van der Waals surface area contributed by atoms with Gasteiger partial charge in [-0.1, -0.05) is 13.3 Å². The highest BCUT2D eigenvalue weighted by Gasteiger charge is 2.14. The van der Waals surface area contributed by atoms with Gasteiger partial charge in [-0.3, -0.25) is 4.79 Å². The van der Waals surface area contributed by atoms with Crippen molar-refractivity contribution >= 4 is 17.5 Å². The molecule has 0 aliphatic rings. The number of ether oxygens (including phenoxy) is 3. The fourth-order valence-electron chi connectivity index (χ4n) is 2.30. The quantitative estimate of drug-likeness (QED) is 0.664. The molecule has 1 aromatic heterocycles. The molecule has 0 saturated carbocycles. The number of unbranched alkanes of at least 4 members (excludes halogenated alkanes) is 1. The number of aromatic nitrogens is 2. The summed E-state index contributed by atoms with van der Waals surface area (Å²) in [5.74, 6) is 1.56. The van der Waals surface area contributed by atoms with Gasteiger partial charge in [0.15, 0.2) is 11.5 Å². The number of carbonyl (C=O) groups is 1. The molecule has 0 aliphatic heterocycles. The molecule has 140 valence electrons. The number of hydrogen-bond acceptors (Lipinski definition) is 7. The van der Waals surface area contributed by atoms with Crippen molar-refractivity contribution in [3.63, 3.8) is 0 Å². The van der Waals surface area contributed by atoms with E-state index in [9.17, 15) is 4.79 Å². The van der Waals surface area contributed by atoms with Gasteiger partial charge in [-0.05, 0) is 12.5 Å². The first-order valence-electron chi connectivity index (χ1n) is 8.31. The van der Waals surface area contributed by atoms with Gasteiger partial charge >= 0.3 is 0 Å². The van der Waals surface area contributed by atoms with Gasteiger partial charge in [-0.15, -0.1) is 0 Å². The molecule has 0 fully saturated rings. The van der Waals surface area contributed by atoms with Crippen LogP contribution in [0.2, 0.25) is 0 Å². The Kier molecular flexibility index (Phi) is 7.02. The van der Waals surface area contributed by atoms with Crippen LogP contribution in [-0.4, -0.2) is 43.7 Å². The Labute approximate surface area is 152 Å². The van der Waals surface area contributed by atoms with E-state index in [-0.39, 0.29) is 5.91 Å². The highest BCUT2D eigenvalue weighted by molar-refractivity contribution is 5.92. The lowest BCUT2D eigenvalue weighted by Gasteiger charge is -2.14. The summed E-state index contributed by atoms with van der Waals surface area (Å²) in [4.78, 5) is 20.5. The van der Waals surface area contributed by atoms with E-state index >= 15 is 0 Å². The summed E-state index contributed by atoms with van der Waals surface area (Å²) in [6.07, 6.45) is 3.47. The highest BCUT2D eigenvalue weighted by atomic mass is 16.5. The fourth-order valence-corrected chi connectivity index (χ4v) is 2.30. The van der Waals surface area contributed by atoms with Crippen LogP contribution < -0.4 is 24.8 Å². The first-order chi connectivity index (χ1) is 12.6. The van der Waals surface area contributed by atoms with E-state index < -0.39 is 0 Å². The molecular formula is C18H24N4O4. The first kappa shape index (κ1) is 19.3. The zero-order chi connectivity index (χ0) is 18.9. The third-order valence-electron chi connectivity index (χ3n) is 3.62. The average Bonchev–Trinajstić information content (AvgIpc) is 2.67. The lowest BCUT2D eigenvalue weighted by molar-refractivity contribution is 0.0948. The number of benzene rings is 1. The van der Waals surface area contributed by atoms with E-state index in [2.05, 4.69) is 27.5 Å². The summed E-state index contributed by atoms with van der Waals surface area (Å²) in [6.45, 7) is 2.69. The van der Waals surface area contributed by atoms with Gasteiger partial charge < -0.3 is 24.8 Å². The smallest absolute Gasteiger partial charge is 0.270 e. The first-order valence-corrected chi connectivity index (χ1v) is 8.31. The van der Waals surface area contributed by atoms with E-state index in [1.165, 1.54) is 13.3 Å². The standard InChI is InChI=1S/C18H24N4O4/c1-5-6-8-19-17(23)13-7-9-20-18(22-13)21-12-10-14(24-2)16(26-4)15(11-12)25-3/h7,9-11H,5-6,8H2,1-4H3,(H,19,23)(H,20,21,22). The Morgan fingerprint density at radius 2 is 1.81 bits per heavy atom. The predicted molar refractivity (Wildman–Crippen MR) is 98.7 cm³/mol. The molecule has 26 heavy (non-hydrogen) atoms. The van der Waals surface area contributed by atoms with Crippen molar-refractivity contribution in [2.45, 2.75) is 19.8 Å². The van der Waals surface area contributed by atoms with Crippen LogP contribution in [-0.2, 0) is 0 Å². The number of nitrogens with zero attached hydrogens (tertiary/aromatic N) is 2. The number of carbonyl (C=O) groups excluding carboxylic acids is 1. The van der Waals surface area contributed by atoms with Crippen LogP contribution in [0.15, 0.2) is 24.4 Å². The summed E-state index contributed by atoms with van der Waals surface area (Å²) in [5, 5.41) is 5.88. The van der Waals surface area contributed by atoms with Crippen LogP contribution in [0.25, 0.3) is 0 Å². The van der Waals surface area contributed by atoms with Crippen LogP contribution in [0, 0.1) is 0 Å². The maximum absolute atomic E-state index is 12.1. The number of nitrogens with one attached hydrogen (secondary N) is 2. The topological polar surface area (TPSA) is 94.6 Å². The van der Waals surface area contributed by atoms with Gasteiger partial charge in [0.25, 0.3) is 5.91 Å². The van der Waals surface area contributed by atoms with Crippen molar-refractivity contribution in [1.29, 1.82) is 0 Å². The van der Waals surface area contributed by atoms with Crippen LogP contribution >= 0.6 is 0 Å².